The monoisotopic (exact) mass is 406 g/mol. The zero-order chi connectivity index (χ0) is 20.6. The lowest BCUT2D eigenvalue weighted by atomic mass is 10.0. The molecule has 8 nitrogen and oxygen atoms in total. The van der Waals surface area contributed by atoms with E-state index in [2.05, 4.69) is 10.6 Å². The molecule has 9 heteroatoms. The molecule has 2 aromatic carbocycles. The van der Waals surface area contributed by atoms with Crippen molar-refractivity contribution < 1.29 is 29.0 Å². The van der Waals surface area contributed by atoms with Gasteiger partial charge in [0.1, 0.15) is 0 Å². The van der Waals surface area contributed by atoms with Crippen LogP contribution < -0.4 is 10.6 Å². The predicted molar refractivity (Wildman–Crippen MR) is 105 cm³/mol. The van der Waals surface area contributed by atoms with Gasteiger partial charge < -0.3 is 20.2 Å². The third kappa shape index (κ3) is 7.62. The third-order valence-electron chi connectivity index (χ3n) is 4.00. The smallest absolute Gasteiger partial charge is 0.339 e. The minimum atomic E-state index is -4.34. The minimum Gasteiger partial charge on any atom is -0.481 e. The lowest BCUT2D eigenvalue weighted by molar-refractivity contribution is -0.137. The fourth-order valence-electron chi connectivity index (χ4n) is 2.60. The second-order valence-corrected chi connectivity index (χ2v) is 7.93. The number of carboxylic acid groups (broad SMARTS) is 1. The summed E-state index contributed by atoms with van der Waals surface area (Å²) >= 11 is 0. The Morgan fingerprint density at radius 2 is 1.57 bits per heavy atom. The molecule has 0 aliphatic heterocycles. The summed E-state index contributed by atoms with van der Waals surface area (Å²) in [6.45, 7) is -0.0603. The molecule has 0 heterocycles. The van der Waals surface area contributed by atoms with E-state index in [1.54, 1.807) is 0 Å². The van der Waals surface area contributed by atoms with Crippen molar-refractivity contribution in [3.05, 3.63) is 60.2 Å². The number of aliphatic carboxylic acids is 1. The van der Waals surface area contributed by atoms with E-state index in [-0.39, 0.29) is 19.4 Å². The zero-order valence-corrected chi connectivity index (χ0v) is 16.0. The Hall–Kier alpha value is -2.51. The maximum Gasteiger partial charge on any atom is 0.339 e. The van der Waals surface area contributed by atoms with Crippen LogP contribution >= 0.6 is 7.60 Å². The van der Waals surface area contributed by atoms with Crippen molar-refractivity contribution in [2.24, 2.45) is 0 Å². The predicted octanol–water partition coefficient (Wildman–Crippen LogP) is 1.58. The first kappa shape index (κ1) is 21.8. The van der Waals surface area contributed by atoms with E-state index in [9.17, 15) is 14.2 Å². The van der Waals surface area contributed by atoms with Crippen molar-refractivity contribution in [2.45, 2.75) is 18.9 Å². The second-order valence-electron chi connectivity index (χ2n) is 6.28. The first-order valence-electron chi connectivity index (χ1n) is 8.66. The van der Waals surface area contributed by atoms with E-state index < -0.39 is 31.8 Å². The summed E-state index contributed by atoms with van der Waals surface area (Å²) in [5.41, 5.74) is 2.86. The molecule has 0 aliphatic rings. The number of nitrogens with one attached hydrogen (secondary N) is 2. The Labute approximate surface area is 162 Å². The normalized spacial score (nSPS) is 12.4. The number of amides is 1. The third-order valence-corrected chi connectivity index (χ3v) is 4.59. The highest BCUT2D eigenvalue weighted by Gasteiger charge is 2.22. The fourth-order valence-corrected chi connectivity index (χ4v) is 3.06. The number of rotatable bonds is 10. The average Bonchev–Trinajstić information content (AvgIpc) is 2.65. The topological polar surface area (TPSA) is 136 Å². The van der Waals surface area contributed by atoms with Crippen molar-refractivity contribution in [2.75, 3.05) is 12.8 Å². The van der Waals surface area contributed by atoms with Gasteiger partial charge in [0, 0.05) is 6.54 Å². The molecule has 0 unspecified atom stereocenters. The number of hydrogen-bond acceptors (Lipinski definition) is 4. The SMILES string of the molecule is O=C(O)CCNC(=O)[C@@H](Cc1ccc(-c2ccccc2)cc1)NCP(=O)(O)O. The van der Waals surface area contributed by atoms with Gasteiger partial charge in [-0.25, -0.2) is 0 Å². The summed E-state index contributed by atoms with van der Waals surface area (Å²) in [6.07, 6.45) is -0.678. The summed E-state index contributed by atoms with van der Waals surface area (Å²) < 4.78 is 11.1. The maximum absolute atomic E-state index is 12.3. The van der Waals surface area contributed by atoms with Crippen LogP contribution in [0.1, 0.15) is 12.0 Å². The highest BCUT2D eigenvalue weighted by molar-refractivity contribution is 7.51. The second kappa shape index (κ2) is 10.1. The minimum absolute atomic E-state index is 0.0603. The van der Waals surface area contributed by atoms with Crippen LogP contribution in [0.4, 0.5) is 0 Å². The van der Waals surface area contributed by atoms with Gasteiger partial charge in [-0.15, -0.1) is 0 Å². The molecule has 1 amide bonds. The largest absolute Gasteiger partial charge is 0.481 e. The average molecular weight is 406 g/mol. The molecule has 28 heavy (non-hydrogen) atoms. The number of carbonyl (C=O) groups excluding carboxylic acids is 1. The molecule has 5 N–H and O–H groups in total. The molecule has 0 saturated carbocycles. The van der Waals surface area contributed by atoms with Gasteiger partial charge in [0.15, 0.2) is 0 Å². The van der Waals surface area contributed by atoms with Gasteiger partial charge >= 0.3 is 13.6 Å². The number of carbonyl (C=O) groups is 2. The molecular weight excluding hydrogens is 383 g/mol. The van der Waals surface area contributed by atoms with Gasteiger partial charge in [-0.1, -0.05) is 54.6 Å². The van der Waals surface area contributed by atoms with E-state index in [4.69, 9.17) is 14.9 Å². The first-order chi connectivity index (χ1) is 13.2. The summed E-state index contributed by atoms with van der Waals surface area (Å²) in [6, 6.07) is 16.4. The van der Waals surface area contributed by atoms with Crippen molar-refractivity contribution in [1.29, 1.82) is 0 Å². The van der Waals surface area contributed by atoms with E-state index in [1.807, 2.05) is 54.6 Å². The Bertz CT molecular complexity index is 835. The lowest BCUT2D eigenvalue weighted by Gasteiger charge is -2.19. The Balaban J connectivity index is 2.06. The van der Waals surface area contributed by atoms with E-state index in [0.29, 0.717) is 0 Å². The Morgan fingerprint density at radius 3 is 2.14 bits per heavy atom. The van der Waals surface area contributed by atoms with Crippen molar-refractivity contribution in [3.8, 4) is 11.1 Å². The van der Waals surface area contributed by atoms with Gasteiger partial charge in [0.25, 0.3) is 0 Å². The fraction of sp³-hybridized carbons (Fsp3) is 0.263. The first-order valence-corrected chi connectivity index (χ1v) is 10.5. The van der Waals surface area contributed by atoms with Gasteiger partial charge in [-0.3, -0.25) is 19.5 Å². The molecule has 2 rings (SSSR count). The molecule has 0 aliphatic carbocycles. The molecule has 0 saturated heterocycles. The van der Waals surface area contributed by atoms with Gasteiger partial charge in [0.05, 0.1) is 18.7 Å². The maximum atomic E-state index is 12.3. The molecule has 0 fully saturated rings. The molecule has 0 bridgehead atoms. The van der Waals surface area contributed by atoms with E-state index in [1.165, 1.54) is 0 Å². The highest BCUT2D eigenvalue weighted by Crippen LogP contribution is 2.32. The van der Waals surface area contributed by atoms with E-state index >= 15 is 0 Å². The van der Waals surface area contributed by atoms with Crippen LogP contribution in [0, 0.1) is 0 Å². The molecule has 150 valence electrons. The Kier molecular flexibility index (Phi) is 7.90. The van der Waals surface area contributed by atoms with Crippen LogP contribution in [0.25, 0.3) is 11.1 Å². The summed E-state index contributed by atoms with van der Waals surface area (Å²) in [7, 11) is -4.34. The summed E-state index contributed by atoms with van der Waals surface area (Å²) in [5.74, 6) is -1.56. The van der Waals surface area contributed by atoms with Crippen LogP contribution in [0.2, 0.25) is 0 Å². The van der Waals surface area contributed by atoms with Crippen LogP contribution in [0.15, 0.2) is 54.6 Å². The molecule has 0 radical (unpaired) electrons. The number of hydrogen-bond donors (Lipinski definition) is 5. The van der Waals surface area contributed by atoms with Crippen LogP contribution in [0.5, 0.6) is 0 Å². The summed E-state index contributed by atoms with van der Waals surface area (Å²) in [4.78, 5) is 41.0. The molecule has 0 spiro atoms. The van der Waals surface area contributed by atoms with Crippen molar-refractivity contribution in [3.63, 3.8) is 0 Å². The Morgan fingerprint density at radius 1 is 0.964 bits per heavy atom. The number of benzene rings is 2. The molecular formula is C19H23N2O6P. The van der Waals surface area contributed by atoms with Crippen LogP contribution in [0.3, 0.4) is 0 Å². The van der Waals surface area contributed by atoms with Crippen molar-refractivity contribution >= 4 is 19.5 Å². The molecule has 2 aromatic rings. The zero-order valence-electron chi connectivity index (χ0n) is 15.1. The standard InChI is InChI=1S/C19H23N2O6P/c22-18(23)10-11-20-19(24)17(21-13-28(25,26)27)12-14-6-8-16(9-7-14)15-4-2-1-3-5-15/h1-9,17,21H,10-13H2,(H,20,24)(H,22,23)(H2,25,26,27)/t17-/m1/s1. The van der Waals surface area contributed by atoms with Crippen LogP contribution in [-0.2, 0) is 20.6 Å². The quantitative estimate of drug-likeness (QED) is 0.378. The van der Waals surface area contributed by atoms with Crippen molar-refractivity contribution in [1.82, 2.24) is 10.6 Å². The van der Waals surface area contributed by atoms with Crippen LogP contribution in [-0.4, -0.2) is 45.6 Å². The molecule has 1 atom stereocenters. The van der Waals surface area contributed by atoms with Gasteiger partial charge in [0.2, 0.25) is 5.91 Å². The van der Waals surface area contributed by atoms with Gasteiger partial charge in [-0.2, -0.15) is 0 Å². The lowest BCUT2D eigenvalue weighted by Crippen LogP contribution is -2.46. The van der Waals surface area contributed by atoms with E-state index in [0.717, 1.165) is 16.7 Å². The van der Waals surface area contributed by atoms with Gasteiger partial charge in [-0.05, 0) is 23.1 Å². The molecule has 0 aromatic heterocycles. The number of carboxylic acids is 1. The summed E-state index contributed by atoms with van der Waals surface area (Å²) in [5, 5.41) is 13.7. The highest BCUT2D eigenvalue weighted by atomic mass is 31.2.